The van der Waals surface area contributed by atoms with Crippen LogP contribution < -0.4 is 5.32 Å². The number of hydrogen-bond acceptors (Lipinski definition) is 4. The molecular formula is C11H15N5. The maximum Gasteiger partial charge on any atom is 0.0738 e. The minimum Gasteiger partial charge on any atom is -0.304 e. The second kappa shape index (κ2) is 4.85. The molecule has 0 fully saturated rings. The summed E-state index contributed by atoms with van der Waals surface area (Å²) in [6.07, 6.45) is 5.42. The van der Waals surface area contributed by atoms with Crippen molar-refractivity contribution in [1.29, 1.82) is 0 Å². The van der Waals surface area contributed by atoms with Crippen molar-refractivity contribution < 1.29 is 0 Å². The number of pyridine rings is 1. The average molecular weight is 217 g/mol. The monoisotopic (exact) mass is 217 g/mol. The fourth-order valence-electron chi connectivity index (χ4n) is 1.48. The van der Waals surface area contributed by atoms with E-state index >= 15 is 0 Å². The Morgan fingerprint density at radius 1 is 1.44 bits per heavy atom. The van der Waals surface area contributed by atoms with Crippen molar-refractivity contribution in [3.8, 4) is 0 Å². The molecule has 16 heavy (non-hydrogen) atoms. The van der Waals surface area contributed by atoms with Crippen LogP contribution in [0, 0.1) is 0 Å². The van der Waals surface area contributed by atoms with E-state index in [0.717, 1.165) is 12.2 Å². The molecule has 0 spiro atoms. The minimum absolute atomic E-state index is 0.267. The lowest BCUT2D eigenvalue weighted by Crippen LogP contribution is -2.19. The molecule has 0 saturated carbocycles. The van der Waals surface area contributed by atoms with Gasteiger partial charge < -0.3 is 5.32 Å². The van der Waals surface area contributed by atoms with Crippen molar-refractivity contribution in [2.45, 2.75) is 19.5 Å². The summed E-state index contributed by atoms with van der Waals surface area (Å²) >= 11 is 0. The maximum atomic E-state index is 4.10. The van der Waals surface area contributed by atoms with Gasteiger partial charge in [0.1, 0.15) is 0 Å². The molecular weight excluding hydrogens is 202 g/mol. The summed E-state index contributed by atoms with van der Waals surface area (Å²) in [5.74, 6) is 0. The van der Waals surface area contributed by atoms with E-state index in [-0.39, 0.29) is 6.04 Å². The molecule has 0 amide bonds. The third-order valence-corrected chi connectivity index (χ3v) is 2.58. The predicted octanol–water partition coefficient (Wildman–Crippen LogP) is 1.06. The second-order valence-electron chi connectivity index (χ2n) is 3.74. The van der Waals surface area contributed by atoms with E-state index in [0.29, 0.717) is 0 Å². The lowest BCUT2D eigenvalue weighted by molar-refractivity contribution is 0.545. The summed E-state index contributed by atoms with van der Waals surface area (Å²) < 4.78 is 1.77. The van der Waals surface area contributed by atoms with Gasteiger partial charge in [0, 0.05) is 32.0 Å². The highest BCUT2D eigenvalue weighted by atomic mass is 15.4. The molecule has 0 radical (unpaired) electrons. The van der Waals surface area contributed by atoms with Gasteiger partial charge in [-0.15, -0.1) is 5.10 Å². The van der Waals surface area contributed by atoms with Crippen LogP contribution in [0.1, 0.15) is 24.2 Å². The molecule has 84 valence electrons. The Bertz CT molecular complexity index is 437. The van der Waals surface area contributed by atoms with Crippen LogP contribution in [0.4, 0.5) is 0 Å². The third-order valence-electron chi connectivity index (χ3n) is 2.58. The van der Waals surface area contributed by atoms with Crippen LogP contribution in [0.25, 0.3) is 0 Å². The molecule has 2 aromatic rings. The SMILES string of the molecule is C[C@H](NCc1cnnn1C)c1cccnc1. The van der Waals surface area contributed by atoms with E-state index in [1.54, 1.807) is 17.1 Å². The first-order chi connectivity index (χ1) is 7.77. The Labute approximate surface area is 94.5 Å². The number of aryl methyl sites for hydroxylation is 1. The zero-order valence-electron chi connectivity index (χ0n) is 9.46. The molecule has 2 rings (SSSR count). The van der Waals surface area contributed by atoms with E-state index in [1.807, 2.05) is 19.3 Å². The van der Waals surface area contributed by atoms with Crippen LogP contribution in [-0.4, -0.2) is 20.0 Å². The molecule has 1 atom stereocenters. The topological polar surface area (TPSA) is 55.6 Å². The molecule has 1 N–H and O–H groups in total. The molecule has 0 bridgehead atoms. The van der Waals surface area contributed by atoms with Gasteiger partial charge in [-0.25, -0.2) is 0 Å². The van der Waals surface area contributed by atoms with Gasteiger partial charge >= 0.3 is 0 Å². The first-order valence-corrected chi connectivity index (χ1v) is 5.24. The lowest BCUT2D eigenvalue weighted by Gasteiger charge is -2.13. The van der Waals surface area contributed by atoms with Crippen molar-refractivity contribution >= 4 is 0 Å². The van der Waals surface area contributed by atoms with E-state index in [2.05, 4.69) is 33.6 Å². The Kier molecular flexibility index (Phi) is 3.26. The summed E-state index contributed by atoms with van der Waals surface area (Å²) in [4.78, 5) is 4.10. The Morgan fingerprint density at radius 2 is 2.31 bits per heavy atom. The molecule has 0 aliphatic heterocycles. The molecule has 0 saturated heterocycles. The predicted molar refractivity (Wildman–Crippen MR) is 60.5 cm³/mol. The van der Waals surface area contributed by atoms with Gasteiger partial charge in [-0.3, -0.25) is 9.67 Å². The van der Waals surface area contributed by atoms with Gasteiger partial charge in [0.25, 0.3) is 0 Å². The highest BCUT2D eigenvalue weighted by Gasteiger charge is 2.06. The molecule has 5 nitrogen and oxygen atoms in total. The standard InChI is InChI=1S/C11H15N5/c1-9(10-4-3-5-12-6-10)13-7-11-8-14-15-16(11)2/h3-6,8-9,13H,7H2,1-2H3/t9-/m0/s1. The Hall–Kier alpha value is -1.75. The van der Waals surface area contributed by atoms with Crippen molar-refractivity contribution in [3.63, 3.8) is 0 Å². The van der Waals surface area contributed by atoms with Gasteiger partial charge in [0.15, 0.2) is 0 Å². The number of nitrogens with one attached hydrogen (secondary N) is 1. The largest absolute Gasteiger partial charge is 0.304 e. The number of rotatable bonds is 4. The summed E-state index contributed by atoms with van der Waals surface area (Å²) in [6.45, 7) is 2.86. The van der Waals surface area contributed by atoms with E-state index < -0.39 is 0 Å². The molecule has 0 aliphatic rings. The summed E-state index contributed by atoms with van der Waals surface area (Å²) in [7, 11) is 1.89. The molecule has 0 aliphatic carbocycles. The van der Waals surface area contributed by atoms with Crippen LogP contribution in [-0.2, 0) is 13.6 Å². The molecule has 0 unspecified atom stereocenters. The van der Waals surface area contributed by atoms with Crippen LogP contribution in [0.15, 0.2) is 30.7 Å². The number of hydrogen-bond donors (Lipinski definition) is 1. The van der Waals surface area contributed by atoms with Gasteiger partial charge in [0.2, 0.25) is 0 Å². The summed E-state index contributed by atoms with van der Waals surface area (Å²) in [5.41, 5.74) is 2.24. The van der Waals surface area contributed by atoms with Crippen molar-refractivity contribution in [2.24, 2.45) is 7.05 Å². The van der Waals surface area contributed by atoms with Gasteiger partial charge in [-0.1, -0.05) is 11.3 Å². The van der Waals surface area contributed by atoms with Gasteiger partial charge in [-0.05, 0) is 18.6 Å². The third kappa shape index (κ3) is 2.43. The average Bonchev–Trinajstić information content (AvgIpc) is 2.73. The van der Waals surface area contributed by atoms with E-state index in [4.69, 9.17) is 0 Å². The van der Waals surface area contributed by atoms with Gasteiger partial charge in [-0.2, -0.15) is 0 Å². The van der Waals surface area contributed by atoms with Crippen molar-refractivity contribution in [3.05, 3.63) is 42.0 Å². The zero-order chi connectivity index (χ0) is 11.4. The fourth-order valence-corrected chi connectivity index (χ4v) is 1.48. The van der Waals surface area contributed by atoms with Gasteiger partial charge in [0.05, 0.1) is 11.9 Å². The molecule has 2 aromatic heterocycles. The summed E-state index contributed by atoms with van der Waals surface area (Å²) in [5, 5.41) is 11.1. The van der Waals surface area contributed by atoms with Crippen molar-refractivity contribution in [2.75, 3.05) is 0 Å². The normalized spacial score (nSPS) is 12.6. The van der Waals surface area contributed by atoms with E-state index in [1.165, 1.54) is 5.56 Å². The number of aromatic nitrogens is 4. The van der Waals surface area contributed by atoms with Crippen LogP contribution in [0.3, 0.4) is 0 Å². The van der Waals surface area contributed by atoms with E-state index in [9.17, 15) is 0 Å². The maximum absolute atomic E-state index is 4.10. The molecule has 0 aromatic carbocycles. The molecule has 5 heteroatoms. The van der Waals surface area contributed by atoms with Crippen LogP contribution >= 0.6 is 0 Å². The van der Waals surface area contributed by atoms with Crippen LogP contribution in [0.2, 0.25) is 0 Å². The number of nitrogens with zero attached hydrogens (tertiary/aromatic N) is 4. The first kappa shape index (κ1) is 10.8. The first-order valence-electron chi connectivity index (χ1n) is 5.24. The highest BCUT2D eigenvalue weighted by molar-refractivity contribution is 5.13. The fraction of sp³-hybridized carbons (Fsp3) is 0.364. The van der Waals surface area contributed by atoms with Crippen molar-refractivity contribution in [1.82, 2.24) is 25.3 Å². The van der Waals surface area contributed by atoms with Crippen LogP contribution in [0.5, 0.6) is 0 Å². The minimum atomic E-state index is 0.267. The second-order valence-corrected chi connectivity index (χ2v) is 3.74. The Balaban J connectivity index is 1.94. The highest BCUT2D eigenvalue weighted by Crippen LogP contribution is 2.10. The molecule has 2 heterocycles. The summed E-state index contributed by atoms with van der Waals surface area (Å²) in [6, 6.07) is 4.27. The zero-order valence-corrected chi connectivity index (χ0v) is 9.46. The Morgan fingerprint density at radius 3 is 2.94 bits per heavy atom. The lowest BCUT2D eigenvalue weighted by atomic mass is 10.1. The quantitative estimate of drug-likeness (QED) is 0.832. The smallest absolute Gasteiger partial charge is 0.0738 e.